The predicted octanol–water partition coefficient (Wildman–Crippen LogP) is 3.30. The maximum Gasteiger partial charge on any atom is 0.120 e. The van der Waals surface area contributed by atoms with Crippen LogP contribution in [0.5, 0.6) is 5.75 Å². The molecule has 2 heteroatoms. The normalized spacial score (nSPS) is 16.9. The Labute approximate surface area is 91.3 Å². The first kappa shape index (κ1) is 10.3. The van der Waals surface area contributed by atoms with E-state index < -0.39 is 0 Å². The molecule has 1 fully saturated rings. The third-order valence-corrected chi connectivity index (χ3v) is 3.28. The van der Waals surface area contributed by atoms with Crippen LogP contribution in [0.3, 0.4) is 0 Å². The molecular formula is C13H19NO. The van der Waals surface area contributed by atoms with Gasteiger partial charge in [0, 0.05) is 18.3 Å². The Kier molecular flexibility index (Phi) is 3.14. The summed E-state index contributed by atoms with van der Waals surface area (Å²) in [4.78, 5) is 0. The van der Waals surface area contributed by atoms with Crippen LogP contribution in [0.2, 0.25) is 0 Å². The number of nitrogens with one attached hydrogen (secondary N) is 1. The van der Waals surface area contributed by atoms with Gasteiger partial charge in [-0.2, -0.15) is 0 Å². The fraction of sp³-hybridized carbons (Fsp3) is 0.538. The number of phenols is 1. The summed E-state index contributed by atoms with van der Waals surface area (Å²) in [6.07, 6.45) is 5.46. The van der Waals surface area contributed by atoms with E-state index in [-0.39, 0.29) is 0 Å². The summed E-state index contributed by atoms with van der Waals surface area (Å²) in [5, 5.41) is 12.9. The maximum atomic E-state index is 9.55. The summed E-state index contributed by atoms with van der Waals surface area (Å²) in [5.74, 6) is 1.21. The SMILES string of the molecule is Cc1ccc(NCC2CCCC2)cc1O. The molecule has 2 nitrogen and oxygen atoms in total. The molecule has 1 aromatic carbocycles. The lowest BCUT2D eigenvalue weighted by molar-refractivity contribution is 0.471. The Balaban J connectivity index is 1.90. The van der Waals surface area contributed by atoms with Crippen LogP contribution in [0, 0.1) is 12.8 Å². The van der Waals surface area contributed by atoms with E-state index in [4.69, 9.17) is 0 Å². The Hall–Kier alpha value is -1.18. The van der Waals surface area contributed by atoms with E-state index in [0.29, 0.717) is 5.75 Å². The molecule has 1 aliphatic carbocycles. The van der Waals surface area contributed by atoms with Crippen LogP contribution in [0.15, 0.2) is 18.2 Å². The van der Waals surface area contributed by atoms with Gasteiger partial charge < -0.3 is 10.4 Å². The zero-order valence-electron chi connectivity index (χ0n) is 9.29. The van der Waals surface area contributed by atoms with Crippen molar-refractivity contribution in [2.24, 2.45) is 5.92 Å². The van der Waals surface area contributed by atoms with Gasteiger partial charge in [-0.05, 0) is 37.3 Å². The molecule has 0 unspecified atom stereocenters. The molecule has 0 bridgehead atoms. The van der Waals surface area contributed by atoms with Gasteiger partial charge in [0.2, 0.25) is 0 Å². The molecule has 0 amide bonds. The summed E-state index contributed by atoms with van der Waals surface area (Å²) >= 11 is 0. The summed E-state index contributed by atoms with van der Waals surface area (Å²) in [6.45, 7) is 2.96. The highest BCUT2D eigenvalue weighted by molar-refractivity contribution is 5.50. The van der Waals surface area contributed by atoms with Crippen molar-refractivity contribution < 1.29 is 5.11 Å². The summed E-state index contributed by atoms with van der Waals surface area (Å²) in [7, 11) is 0. The number of aryl methyl sites for hydroxylation is 1. The van der Waals surface area contributed by atoms with Gasteiger partial charge in [0.25, 0.3) is 0 Å². The van der Waals surface area contributed by atoms with Gasteiger partial charge >= 0.3 is 0 Å². The largest absolute Gasteiger partial charge is 0.508 e. The second-order valence-corrected chi connectivity index (χ2v) is 4.53. The van der Waals surface area contributed by atoms with Crippen LogP contribution >= 0.6 is 0 Å². The first-order chi connectivity index (χ1) is 7.25. The molecule has 1 aliphatic rings. The van der Waals surface area contributed by atoms with Crippen molar-refractivity contribution in [1.82, 2.24) is 0 Å². The third kappa shape index (κ3) is 2.65. The highest BCUT2D eigenvalue weighted by Crippen LogP contribution is 2.26. The van der Waals surface area contributed by atoms with Crippen LogP contribution in [0.1, 0.15) is 31.2 Å². The quantitative estimate of drug-likeness (QED) is 0.793. The summed E-state index contributed by atoms with van der Waals surface area (Å²) < 4.78 is 0. The highest BCUT2D eigenvalue weighted by Gasteiger charge is 2.14. The van der Waals surface area contributed by atoms with E-state index in [1.165, 1.54) is 25.7 Å². The number of anilines is 1. The zero-order chi connectivity index (χ0) is 10.7. The Morgan fingerprint density at radius 2 is 2.07 bits per heavy atom. The van der Waals surface area contributed by atoms with Crippen molar-refractivity contribution in [3.63, 3.8) is 0 Å². The Morgan fingerprint density at radius 3 is 2.73 bits per heavy atom. The molecule has 1 aromatic rings. The number of hydrogen-bond acceptors (Lipinski definition) is 2. The minimum atomic E-state index is 0.381. The van der Waals surface area contributed by atoms with E-state index in [0.717, 1.165) is 23.7 Å². The monoisotopic (exact) mass is 205 g/mol. The fourth-order valence-corrected chi connectivity index (χ4v) is 2.20. The van der Waals surface area contributed by atoms with Gasteiger partial charge in [-0.1, -0.05) is 18.9 Å². The molecule has 2 N–H and O–H groups in total. The molecule has 15 heavy (non-hydrogen) atoms. The first-order valence-electron chi connectivity index (χ1n) is 5.79. The minimum Gasteiger partial charge on any atom is -0.508 e. The molecular weight excluding hydrogens is 186 g/mol. The molecule has 1 saturated carbocycles. The summed E-state index contributed by atoms with van der Waals surface area (Å²) in [5.41, 5.74) is 1.96. The molecule has 82 valence electrons. The molecule has 0 radical (unpaired) electrons. The van der Waals surface area contributed by atoms with Crippen LogP contribution < -0.4 is 5.32 Å². The first-order valence-corrected chi connectivity index (χ1v) is 5.79. The second-order valence-electron chi connectivity index (χ2n) is 4.53. The van der Waals surface area contributed by atoms with Gasteiger partial charge in [0.05, 0.1) is 0 Å². The lowest BCUT2D eigenvalue weighted by atomic mass is 10.1. The molecule has 0 heterocycles. The number of rotatable bonds is 3. The lowest BCUT2D eigenvalue weighted by Gasteiger charge is -2.12. The van der Waals surface area contributed by atoms with Crippen LogP contribution in [0.25, 0.3) is 0 Å². The van der Waals surface area contributed by atoms with E-state index in [9.17, 15) is 5.11 Å². The molecule has 0 aromatic heterocycles. The molecule has 0 spiro atoms. The second kappa shape index (κ2) is 4.56. The van der Waals surface area contributed by atoms with Crippen molar-refractivity contribution in [1.29, 1.82) is 0 Å². The van der Waals surface area contributed by atoms with E-state index in [1.54, 1.807) is 0 Å². The van der Waals surface area contributed by atoms with Crippen molar-refractivity contribution >= 4 is 5.69 Å². The van der Waals surface area contributed by atoms with Crippen molar-refractivity contribution in [3.05, 3.63) is 23.8 Å². The van der Waals surface area contributed by atoms with Crippen molar-refractivity contribution in [2.75, 3.05) is 11.9 Å². The van der Waals surface area contributed by atoms with Gasteiger partial charge in [0.15, 0.2) is 0 Å². The number of phenolic OH excluding ortho intramolecular Hbond substituents is 1. The third-order valence-electron chi connectivity index (χ3n) is 3.28. The Bertz CT molecular complexity index is 329. The van der Waals surface area contributed by atoms with Crippen LogP contribution in [0.4, 0.5) is 5.69 Å². The topological polar surface area (TPSA) is 32.3 Å². The number of hydrogen-bond donors (Lipinski definition) is 2. The van der Waals surface area contributed by atoms with E-state index in [2.05, 4.69) is 5.32 Å². The smallest absolute Gasteiger partial charge is 0.120 e. The van der Waals surface area contributed by atoms with E-state index in [1.807, 2.05) is 25.1 Å². The molecule has 0 saturated heterocycles. The average Bonchev–Trinajstić information content (AvgIpc) is 2.73. The lowest BCUT2D eigenvalue weighted by Crippen LogP contribution is -2.10. The molecule has 0 aliphatic heterocycles. The number of benzene rings is 1. The van der Waals surface area contributed by atoms with Crippen molar-refractivity contribution in [3.8, 4) is 5.75 Å². The zero-order valence-corrected chi connectivity index (χ0v) is 9.29. The number of aromatic hydroxyl groups is 1. The minimum absolute atomic E-state index is 0.381. The highest BCUT2D eigenvalue weighted by atomic mass is 16.3. The summed E-state index contributed by atoms with van der Waals surface area (Å²) in [6, 6.07) is 5.79. The van der Waals surface area contributed by atoms with Crippen molar-refractivity contribution in [2.45, 2.75) is 32.6 Å². The van der Waals surface area contributed by atoms with Gasteiger partial charge in [-0.25, -0.2) is 0 Å². The van der Waals surface area contributed by atoms with Gasteiger partial charge in [-0.15, -0.1) is 0 Å². The van der Waals surface area contributed by atoms with Gasteiger partial charge in [-0.3, -0.25) is 0 Å². The van der Waals surface area contributed by atoms with Gasteiger partial charge in [0.1, 0.15) is 5.75 Å². The maximum absolute atomic E-state index is 9.55. The molecule has 0 atom stereocenters. The Morgan fingerprint density at radius 1 is 1.33 bits per heavy atom. The van der Waals surface area contributed by atoms with E-state index >= 15 is 0 Å². The molecule has 2 rings (SSSR count). The predicted molar refractivity (Wildman–Crippen MR) is 63.3 cm³/mol. The fourth-order valence-electron chi connectivity index (χ4n) is 2.20. The average molecular weight is 205 g/mol. The van der Waals surface area contributed by atoms with Crippen LogP contribution in [-0.2, 0) is 0 Å². The van der Waals surface area contributed by atoms with Crippen LogP contribution in [-0.4, -0.2) is 11.7 Å². The standard InChI is InChI=1S/C13H19NO/c1-10-6-7-12(8-13(10)15)14-9-11-4-2-3-5-11/h6-8,11,14-15H,2-5,9H2,1H3.